The summed E-state index contributed by atoms with van der Waals surface area (Å²) in [7, 11) is 0. The molecule has 0 spiro atoms. The van der Waals surface area contributed by atoms with Crippen LogP contribution in [0.15, 0.2) is 42.5 Å². The molecule has 0 aliphatic carbocycles. The molecule has 1 N–H and O–H groups in total. The number of aromatic hydroxyl groups is 1. The van der Waals surface area contributed by atoms with Crippen LogP contribution in [0.25, 0.3) is 0 Å². The predicted molar refractivity (Wildman–Crippen MR) is 83.7 cm³/mol. The molecule has 108 valence electrons. The summed E-state index contributed by atoms with van der Waals surface area (Å²) in [5.74, 6) is 0.241. The average Bonchev–Trinajstić information content (AvgIpc) is 2.49. The van der Waals surface area contributed by atoms with E-state index in [0.29, 0.717) is 18.7 Å². The van der Waals surface area contributed by atoms with E-state index in [0.717, 1.165) is 24.0 Å². The van der Waals surface area contributed by atoms with E-state index in [1.165, 1.54) is 5.56 Å². The minimum Gasteiger partial charge on any atom is -0.506 e. The van der Waals surface area contributed by atoms with Crippen LogP contribution in [0.4, 0.5) is 5.69 Å². The maximum Gasteiger partial charge on any atom is 0.231 e. The second kappa shape index (κ2) is 5.60. The Morgan fingerprint density at radius 1 is 1.19 bits per heavy atom. The Labute approximate surface area is 124 Å². The standard InChI is InChI=1S/C18H19NO2/c1-13-7-9-14(10-8-13)12-17(21)19-11-3-5-15-4-2-6-16(20)18(15)19/h2,4,6-10,20H,3,5,11-12H2,1H3. The highest BCUT2D eigenvalue weighted by Gasteiger charge is 2.25. The number of carbonyl (C=O) groups excluding carboxylic acids is 1. The topological polar surface area (TPSA) is 40.5 Å². The zero-order valence-corrected chi connectivity index (χ0v) is 12.2. The molecule has 0 radical (unpaired) electrons. The molecule has 0 atom stereocenters. The van der Waals surface area contributed by atoms with Crippen LogP contribution in [-0.2, 0) is 17.6 Å². The number of phenols is 1. The monoisotopic (exact) mass is 281 g/mol. The molecule has 0 aromatic heterocycles. The first-order valence-corrected chi connectivity index (χ1v) is 7.32. The largest absolute Gasteiger partial charge is 0.506 e. The van der Waals surface area contributed by atoms with Crippen molar-refractivity contribution in [2.24, 2.45) is 0 Å². The van der Waals surface area contributed by atoms with E-state index in [4.69, 9.17) is 0 Å². The molecule has 0 fully saturated rings. The molecule has 1 aliphatic heterocycles. The molecule has 0 unspecified atom stereocenters. The van der Waals surface area contributed by atoms with Crippen molar-refractivity contribution in [1.29, 1.82) is 0 Å². The van der Waals surface area contributed by atoms with Crippen molar-refractivity contribution in [3.8, 4) is 5.75 Å². The molecule has 2 aromatic carbocycles. The van der Waals surface area contributed by atoms with E-state index in [1.54, 1.807) is 11.0 Å². The Balaban J connectivity index is 1.85. The zero-order valence-electron chi connectivity index (χ0n) is 12.2. The highest BCUT2D eigenvalue weighted by molar-refractivity contribution is 5.97. The van der Waals surface area contributed by atoms with Gasteiger partial charge in [-0.05, 0) is 37.0 Å². The minimum absolute atomic E-state index is 0.0429. The van der Waals surface area contributed by atoms with Crippen LogP contribution in [0, 0.1) is 6.92 Å². The van der Waals surface area contributed by atoms with Gasteiger partial charge >= 0.3 is 0 Å². The van der Waals surface area contributed by atoms with E-state index >= 15 is 0 Å². The number of anilines is 1. The lowest BCUT2D eigenvalue weighted by atomic mass is 10.00. The highest BCUT2D eigenvalue weighted by Crippen LogP contribution is 2.35. The normalized spacial score (nSPS) is 13.9. The van der Waals surface area contributed by atoms with E-state index in [-0.39, 0.29) is 11.7 Å². The summed E-state index contributed by atoms with van der Waals surface area (Å²) in [6.45, 7) is 2.71. The van der Waals surface area contributed by atoms with Crippen molar-refractivity contribution < 1.29 is 9.90 Å². The summed E-state index contributed by atoms with van der Waals surface area (Å²) >= 11 is 0. The fourth-order valence-electron chi connectivity index (χ4n) is 2.86. The summed E-state index contributed by atoms with van der Waals surface area (Å²) in [6, 6.07) is 13.5. The van der Waals surface area contributed by atoms with Crippen LogP contribution >= 0.6 is 0 Å². The Morgan fingerprint density at radius 3 is 2.71 bits per heavy atom. The van der Waals surface area contributed by atoms with Crippen LogP contribution in [0.1, 0.15) is 23.1 Å². The van der Waals surface area contributed by atoms with Crippen LogP contribution in [0.2, 0.25) is 0 Å². The van der Waals surface area contributed by atoms with Crippen molar-refractivity contribution in [3.63, 3.8) is 0 Å². The second-order valence-electron chi connectivity index (χ2n) is 5.60. The summed E-state index contributed by atoms with van der Waals surface area (Å²) in [6.07, 6.45) is 2.22. The van der Waals surface area contributed by atoms with Gasteiger partial charge in [-0.2, -0.15) is 0 Å². The number of para-hydroxylation sites is 1. The molecule has 2 aromatic rings. The van der Waals surface area contributed by atoms with Crippen LogP contribution < -0.4 is 4.90 Å². The molecule has 0 bridgehead atoms. The van der Waals surface area contributed by atoms with E-state index < -0.39 is 0 Å². The molecule has 1 heterocycles. The Bertz CT molecular complexity index is 661. The maximum absolute atomic E-state index is 12.6. The van der Waals surface area contributed by atoms with Crippen LogP contribution in [0.5, 0.6) is 5.75 Å². The molecular formula is C18H19NO2. The number of carbonyl (C=O) groups is 1. The highest BCUT2D eigenvalue weighted by atomic mass is 16.3. The number of aryl methyl sites for hydroxylation is 2. The number of amides is 1. The van der Waals surface area contributed by atoms with Gasteiger partial charge in [-0.3, -0.25) is 4.79 Å². The fourth-order valence-corrected chi connectivity index (χ4v) is 2.86. The van der Waals surface area contributed by atoms with Gasteiger partial charge in [-0.1, -0.05) is 42.0 Å². The fraction of sp³-hybridized carbons (Fsp3) is 0.278. The van der Waals surface area contributed by atoms with Crippen molar-refractivity contribution in [2.45, 2.75) is 26.2 Å². The molecule has 0 saturated heterocycles. The molecule has 3 nitrogen and oxygen atoms in total. The number of hydrogen-bond acceptors (Lipinski definition) is 2. The number of rotatable bonds is 2. The molecule has 3 heteroatoms. The van der Waals surface area contributed by atoms with Gasteiger partial charge in [0.15, 0.2) is 0 Å². The van der Waals surface area contributed by atoms with Gasteiger partial charge in [0.05, 0.1) is 12.1 Å². The zero-order chi connectivity index (χ0) is 14.8. The Hall–Kier alpha value is -2.29. The van der Waals surface area contributed by atoms with Crippen molar-refractivity contribution in [2.75, 3.05) is 11.4 Å². The van der Waals surface area contributed by atoms with Gasteiger partial charge in [0, 0.05) is 6.54 Å². The molecule has 3 rings (SSSR count). The first-order chi connectivity index (χ1) is 10.1. The molecule has 21 heavy (non-hydrogen) atoms. The van der Waals surface area contributed by atoms with Gasteiger partial charge in [-0.25, -0.2) is 0 Å². The van der Waals surface area contributed by atoms with Gasteiger partial charge in [0.25, 0.3) is 0 Å². The lowest BCUT2D eigenvalue weighted by Gasteiger charge is -2.30. The lowest BCUT2D eigenvalue weighted by molar-refractivity contribution is -0.118. The van der Waals surface area contributed by atoms with E-state index in [1.807, 2.05) is 43.3 Å². The number of benzene rings is 2. The number of hydrogen-bond donors (Lipinski definition) is 1. The first-order valence-electron chi connectivity index (χ1n) is 7.32. The lowest BCUT2D eigenvalue weighted by Crippen LogP contribution is -2.36. The minimum atomic E-state index is 0.0429. The number of phenolic OH excluding ortho intramolecular Hbond substituents is 1. The number of nitrogens with zero attached hydrogens (tertiary/aromatic N) is 1. The SMILES string of the molecule is Cc1ccc(CC(=O)N2CCCc3cccc(O)c32)cc1. The molecule has 0 saturated carbocycles. The second-order valence-corrected chi connectivity index (χ2v) is 5.60. The first kappa shape index (κ1) is 13.7. The van der Waals surface area contributed by atoms with Crippen molar-refractivity contribution in [3.05, 3.63) is 59.2 Å². The predicted octanol–water partition coefficient (Wildman–Crippen LogP) is 3.22. The molecule has 1 amide bonds. The molecule has 1 aliphatic rings. The smallest absolute Gasteiger partial charge is 0.231 e. The Morgan fingerprint density at radius 2 is 1.95 bits per heavy atom. The summed E-state index contributed by atoms with van der Waals surface area (Å²) < 4.78 is 0. The van der Waals surface area contributed by atoms with Crippen molar-refractivity contribution in [1.82, 2.24) is 0 Å². The summed E-state index contributed by atoms with van der Waals surface area (Å²) in [5.41, 5.74) is 3.94. The van der Waals surface area contributed by atoms with E-state index in [9.17, 15) is 9.90 Å². The third-order valence-corrected chi connectivity index (χ3v) is 3.97. The molecular weight excluding hydrogens is 262 g/mol. The Kier molecular flexibility index (Phi) is 3.65. The third kappa shape index (κ3) is 2.77. The van der Waals surface area contributed by atoms with Gasteiger partial charge in [0.2, 0.25) is 5.91 Å². The maximum atomic E-state index is 12.6. The van der Waals surface area contributed by atoms with Gasteiger partial charge < -0.3 is 10.0 Å². The van der Waals surface area contributed by atoms with Crippen LogP contribution in [0.3, 0.4) is 0 Å². The van der Waals surface area contributed by atoms with Crippen LogP contribution in [-0.4, -0.2) is 17.6 Å². The summed E-state index contributed by atoms with van der Waals surface area (Å²) in [4.78, 5) is 14.3. The average molecular weight is 281 g/mol. The summed E-state index contributed by atoms with van der Waals surface area (Å²) in [5, 5.41) is 10.1. The number of fused-ring (bicyclic) bond motifs is 1. The quantitative estimate of drug-likeness (QED) is 0.918. The van der Waals surface area contributed by atoms with Crippen molar-refractivity contribution >= 4 is 11.6 Å². The van der Waals surface area contributed by atoms with E-state index in [2.05, 4.69) is 0 Å². The third-order valence-electron chi connectivity index (χ3n) is 3.97. The van der Waals surface area contributed by atoms with Gasteiger partial charge in [-0.15, -0.1) is 0 Å². The van der Waals surface area contributed by atoms with Gasteiger partial charge in [0.1, 0.15) is 5.75 Å².